The van der Waals surface area contributed by atoms with Crippen molar-refractivity contribution < 1.29 is 73.8 Å². The number of amides is 8. The number of para-hydroxylation sites is 1. The number of nitrogens with two attached hydrogens (primary N) is 2. The molecule has 0 spiro atoms. The van der Waals surface area contributed by atoms with E-state index in [2.05, 4.69) is 36.9 Å². The molecule has 0 saturated carbocycles. The maximum absolute atomic E-state index is 13.8. The second kappa shape index (κ2) is 23.1. The summed E-state index contributed by atoms with van der Waals surface area (Å²) in [5, 5.41) is 72.8. The molecule has 2 aromatic rings. The molecule has 3 rings (SSSR count). The van der Waals surface area contributed by atoms with Crippen molar-refractivity contribution >= 4 is 64.1 Å². The van der Waals surface area contributed by atoms with Gasteiger partial charge in [0.05, 0.1) is 32.3 Å². The van der Waals surface area contributed by atoms with Crippen LogP contribution in [0.4, 0.5) is 0 Å². The number of aromatic amines is 1. The van der Waals surface area contributed by atoms with E-state index in [0.717, 1.165) is 4.90 Å². The topological polar surface area (TPSA) is 418 Å². The molecule has 10 atom stereocenters. The number of carboxylic acids is 1. The fourth-order valence-corrected chi connectivity index (χ4v) is 6.44. The molecule has 1 aliphatic heterocycles. The average molecular weight is 879 g/mol. The summed E-state index contributed by atoms with van der Waals surface area (Å²) in [7, 11) is 0. The molecular formula is C37H54N10O15. The van der Waals surface area contributed by atoms with Gasteiger partial charge in [-0.15, -0.1) is 0 Å². The third kappa shape index (κ3) is 13.1. The number of carbonyl (C=O) groups excluding carboxylic acids is 8. The fraction of sp³-hybridized carbons (Fsp3) is 0.541. The Hall–Kier alpha value is -6.25. The Labute approximate surface area is 353 Å². The van der Waals surface area contributed by atoms with Crippen LogP contribution in [0.1, 0.15) is 32.3 Å². The predicted octanol–water partition coefficient (Wildman–Crippen LogP) is -7.51. The molecule has 1 aromatic carbocycles. The number of carboxylic acid groups (broad SMARTS) is 1. The smallest absolute Gasteiger partial charge is 0.328 e. The number of benzene rings is 1. The summed E-state index contributed by atoms with van der Waals surface area (Å²) in [6, 6.07) is -6.02. The lowest BCUT2D eigenvalue weighted by molar-refractivity contribution is -0.143. The second-order valence-electron chi connectivity index (χ2n) is 14.7. The standard InChI is InChI=1S/C37H54N10O15/c1-16(12-48)28(34(58)43-22(31(55)45-25(15-51)37(61)62)9-18-11-40-21-6-4-3-5-19(18)21)46-33(57)24(14-50)44-32(56)23(10-27(39)53)42-30(54)17(2)41-35(59)29-26(52)7-8-47(29)36(60)20(38)13-49/h3-6,11,16-17,20,22-26,28-29,40,48-52H,7-10,12-15,38H2,1-2H3,(H2,39,53)(H,41,59)(H,42,54)(H,43,58)(H,44,56)(H,45,55)(H,46,57)(H,61,62)/t16?,17-,20-,22-,23-,24-,25-,26-,28-,29-/m0/s1. The SMILES string of the molecule is CC(CO)[C@H](NC(=O)[C@H](CO)NC(=O)[C@H](CC(N)=O)NC(=O)[C@H](C)NC(=O)[C@@H]1[C@@H](O)CCN1C(=O)[C@@H](N)CO)C(=O)N[C@@H](Cc1c[nH]c2ccccc12)C(=O)N[C@@H](CO)C(=O)O. The molecule has 2 heterocycles. The van der Waals surface area contributed by atoms with Gasteiger partial charge in [-0.1, -0.05) is 25.1 Å². The van der Waals surface area contributed by atoms with Crippen molar-refractivity contribution in [2.75, 3.05) is 33.0 Å². The first-order valence-electron chi connectivity index (χ1n) is 19.3. The number of hydrogen-bond donors (Lipinski definition) is 15. The van der Waals surface area contributed by atoms with E-state index in [1.165, 1.54) is 13.8 Å². The normalized spacial score (nSPS) is 18.7. The molecule has 342 valence electrons. The largest absolute Gasteiger partial charge is 0.480 e. The highest BCUT2D eigenvalue weighted by molar-refractivity contribution is 5.99. The van der Waals surface area contributed by atoms with Gasteiger partial charge in [-0.25, -0.2) is 4.79 Å². The van der Waals surface area contributed by atoms with Crippen LogP contribution in [-0.4, -0.2) is 181 Å². The average Bonchev–Trinajstić information content (AvgIpc) is 3.84. The number of primary amides is 1. The van der Waals surface area contributed by atoms with Gasteiger partial charge in [0.15, 0.2) is 0 Å². The van der Waals surface area contributed by atoms with Crippen molar-refractivity contribution in [1.29, 1.82) is 0 Å². The van der Waals surface area contributed by atoms with Crippen molar-refractivity contribution in [3.63, 3.8) is 0 Å². The van der Waals surface area contributed by atoms with Crippen LogP contribution in [-0.2, 0) is 49.6 Å². The summed E-state index contributed by atoms with van der Waals surface area (Å²) in [5.41, 5.74) is 12.1. The Balaban J connectivity index is 1.76. The Morgan fingerprint density at radius 3 is 1.94 bits per heavy atom. The monoisotopic (exact) mass is 878 g/mol. The minimum absolute atomic E-state index is 0.0166. The Kier molecular flexibility index (Phi) is 18.7. The third-order valence-corrected chi connectivity index (χ3v) is 10.0. The maximum atomic E-state index is 13.8. The molecule has 1 aromatic heterocycles. The van der Waals surface area contributed by atoms with E-state index < -0.39 is 146 Å². The first-order chi connectivity index (χ1) is 29.3. The van der Waals surface area contributed by atoms with Crippen molar-refractivity contribution in [3.05, 3.63) is 36.0 Å². The number of likely N-dealkylation sites (tertiary alicyclic amines) is 1. The van der Waals surface area contributed by atoms with E-state index >= 15 is 0 Å². The lowest BCUT2D eigenvalue weighted by atomic mass is 9.99. The summed E-state index contributed by atoms with van der Waals surface area (Å²) in [6.45, 7) is -1.14. The summed E-state index contributed by atoms with van der Waals surface area (Å²) in [5.74, 6) is -11.2. The van der Waals surface area contributed by atoms with Crippen LogP contribution in [0.3, 0.4) is 0 Å². The van der Waals surface area contributed by atoms with Crippen LogP contribution in [0, 0.1) is 5.92 Å². The minimum atomic E-state index is -1.88. The van der Waals surface area contributed by atoms with E-state index in [0.29, 0.717) is 16.5 Å². The molecule has 0 bridgehead atoms. The van der Waals surface area contributed by atoms with Gasteiger partial charge in [-0.05, 0) is 25.0 Å². The predicted molar refractivity (Wildman–Crippen MR) is 212 cm³/mol. The zero-order valence-electron chi connectivity index (χ0n) is 33.8. The number of carbonyl (C=O) groups is 9. The molecule has 8 amide bonds. The van der Waals surface area contributed by atoms with E-state index in [4.69, 9.17) is 11.5 Å². The van der Waals surface area contributed by atoms with Crippen molar-refractivity contribution in [2.45, 2.75) is 87.5 Å². The first-order valence-corrected chi connectivity index (χ1v) is 19.3. The minimum Gasteiger partial charge on any atom is -0.480 e. The molecule has 62 heavy (non-hydrogen) atoms. The van der Waals surface area contributed by atoms with Gasteiger partial charge in [0.2, 0.25) is 47.3 Å². The second-order valence-corrected chi connectivity index (χ2v) is 14.7. The highest BCUT2D eigenvalue weighted by Crippen LogP contribution is 2.21. The number of aliphatic hydroxyl groups is 5. The molecule has 1 fully saturated rings. The molecule has 0 aliphatic carbocycles. The van der Waals surface area contributed by atoms with Crippen LogP contribution in [0.5, 0.6) is 0 Å². The quantitative estimate of drug-likeness (QED) is 0.0493. The van der Waals surface area contributed by atoms with Crippen molar-refractivity contribution in [3.8, 4) is 0 Å². The van der Waals surface area contributed by atoms with E-state index in [-0.39, 0.29) is 19.4 Å². The number of H-pyrrole nitrogens is 1. The van der Waals surface area contributed by atoms with Crippen LogP contribution in [0.2, 0.25) is 0 Å². The summed E-state index contributed by atoms with van der Waals surface area (Å²) < 4.78 is 0. The van der Waals surface area contributed by atoms with Gasteiger partial charge in [0.25, 0.3) is 0 Å². The zero-order chi connectivity index (χ0) is 46.4. The van der Waals surface area contributed by atoms with Crippen LogP contribution in [0.15, 0.2) is 30.5 Å². The lowest BCUT2D eigenvalue weighted by Gasteiger charge is -2.29. The molecule has 25 heteroatoms. The van der Waals surface area contributed by atoms with E-state index in [9.17, 15) is 73.8 Å². The molecule has 1 saturated heterocycles. The zero-order valence-corrected chi connectivity index (χ0v) is 33.8. The number of aromatic nitrogens is 1. The molecular weight excluding hydrogens is 824 g/mol. The molecule has 25 nitrogen and oxygen atoms in total. The van der Waals surface area contributed by atoms with Crippen LogP contribution < -0.4 is 43.4 Å². The Morgan fingerprint density at radius 1 is 0.758 bits per heavy atom. The number of hydrogen-bond acceptors (Lipinski definition) is 15. The van der Waals surface area contributed by atoms with Crippen LogP contribution in [0.25, 0.3) is 10.9 Å². The third-order valence-electron chi connectivity index (χ3n) is 10.0. The Morgan fingerprint density at radius 2 is 1.34 bits per heavy atom. The number of aliphatic carboxylic acids is 1. The lowest BCUT2D eigenvalue weighted by Crippen LogP contribution is -2.62. The number of rotatable bonds is 23. The van der Waals surface area contributed by atoms with Gasteiger partial charge in [-0.3, -0.25) is 38.4 Å². The van der Waals surface area contributed by atoms with E-state index in [1.807, 2.05) is 0 Å². The molecule has 0 radical (unpaired) electrons. The highest BCUT2D eigenvalue weighted by Gasteiger charge is 2.43. The van der Waals surface area contributed by atoms with Crippen LogP contribution >= 0.6 is 0 Å². The number of aliphatic hydroxyl groups excluding tert-OH is 5. The number of fused-ring (bicyclic) bond motifs is 1. The van der Waals surface area contributed by atoms with Crippen molar-refractivity contribution in [1.82, 2.24) is 41.8 Å². The van der Waals surface area contributed by atoms with E-state index in [1.54, 1.807) is 30.5 Å². The van der Waals surface area contributed by atoms with Gasteiger partial charge in [-0.2, -0.15) is 0 Å². The summed E-state index contributed by atoms with van der Waals surface area (Å²) >= 11 is 0. The molecule has 17 N–H and O–H groups in total. The summed E-state index contributed by atoms with van der Waals surface area (Å²) in [4.78, 5) is 120. The fourth-order valence-electron chi connectivity index (χ4n) is 6.44. The first kappa shape index (κ1) is 50.1. The summed E-state index contributed by atoms with van der Waals surface area (Å²) in [6.07, 6.45) is -0.888. The van der Waals surface area contributed by atoms with Gasteiger partial charge in [0.1, 0.15) is 48.3 Å². The van der Waals surface area contributed by atoms with Crippen molar-refractivity contribution in [2.24, 2.45) is 17.4 Å². The number of nitrogens with zero attached hydrogens (tertiary/aromatic N) is 1. The van der Waals surface area contributed by atoms with Gasteiger partial charge in [0, 0.05) is 42.6 Å². The highest BCUT2D eigenvalue weighted by atomic mass is 16.4. The number of nitrogens with one attached hydrogen (secondary N) is 7. The maximum Gasteiger partial charge on any atom is 0.328 e. The van der Waals surface area contributed by atoms with Gasteiger partial charge >= 0.3 is 5.97 Å². The molecule has 1 unspecified atom stereocenters. The van der Waals surface area contributed by atoms with Gasteiger partial charge < -0.3 is 83.9 Å². The Bertz CT molecular complexity index is 1960. The molecule has 1 aliphatic rings.